The minimum Gasteiger partial charge on any atom is -0.454 e. The van der Waals surface area contributed by atoms with Crippen LogP contribution < -0.4 is 9.47 Å². The highest BCUT2D eigenvalue weighted by Gasteiger charge is 2.12. The summed E-state index contributed by atoms with van der Waals surface area (Å²) in [4.78, 5) is 0. The van der Waals surface area contributed by atoms with Crippen LogP contribution in [-0.4, -0.2) is 14.9 Å². The van der Waals surface area contributed by atoms with E-state index in [-0.39, 0.29) is 0 Å². The van der Waals surface area contributed by atoms with E-state index in [4.69, 9.17) is 9.47 Å². The van der Waals surface area contributed by atoms with Crippen molar-refractivity contribution in [1.82, 2.24) is 0 Å². The summed E-state index contributed by atoms with van der Waals surface area (Å²) in [7, 11) is -1.12. The van der Waals surface area contributed by atoms with Crippen molar-refractivity contribution in [3.05, 3.63) is 29.5 Å². The lowest BCUT2D eigenvalue weighted by Gasteiger charge is -2.08. The van der Waals surface area contributed by atoms with Gasteiger partial charge in [0.25, 0.3) is 0 Å². The maximum atomic E-state index is 5.33. The molecule has 0 aromatic heterocycles. The van der Waals surface area contributed by atoms with Crippen molar-refractivity contribution in [2.45, 2.75) is 19.6 Å². The maximum Gasteiger partial charge on any atom is 0.231 e. The molecule has 3 heteroatoms. The van der Waals surface area contributed by atoms with Gasteiger partial charge in [0.15, 0.2) is 11.5 Å². The lowest BCUT2D eigenvalue weighted by atomic mass is 10.2. The molecule has 0 bridgehead atoms. The second-order valence-corrected chi connectivity index (χ2v) is 9.88. The van der Waals surface area contributed by atoms with Crippen molar-refractivity contribution in [2.24, 2.45) is 0 Å². The normalized spacial score (nSPS) is 14.9. The van der Waals surface area contributed by atoms with Gasteiger partial charge in [0.1, 0.15) is 0 Å². The van der Waals surface area contributed by atoms with Crippen molar-refractivity contribution < 1.29 is 9.47 Å². The van der Waals surface area contributed by atoms with Crippen LogP contribution in [0, 0.1) is 0 Å². The van der Waals surface area contributed by atoms with Crippen LogP contribution in [0.25, 0.3) is 6.08 Å². The second-order valence-electron chi connectivity index (χ2n) is 4.81. The summed E-state index contributed by atoms with van der Waals surface area (Å²) >= 11 is 0. The standard InChI is InChI=1S/C12H16O2Si/c1-15(2,3)7-6-10-4-5-11-12(8-10)14-9-13-11/h4-8H,9H2,1-3H3/b7-6+. The summed E-state index contributed by atoms with van der Waals surface area (Å²) in [6.45, 7) is 7.29. The average Bonchev–Trinajstić information content (AvgIpc) is 2.60. The van der Waals surface area contributed by atoms with E-state index < -0.39 is 8.07 Å². The summed E-state index contributed by atoms with van der Waals surface area (Å²) in [6.07, 6.45) is 2.17. The quantitative estimate of drug-likeness (QED) is 0.712. The molecule has 2 nitrogen and oxygen atoms in total. The van der Waals surface area contributed by atoms with E-state index in [1.807, 2.05) is 12.1 Å². The van der Waals surface area contributed by atoms with Crippen LogP contribution in [0.1, 0.15) is 5.56 Å². The molecule has 0 fully saturated rings. The summed E-state index contributed by atoms with van der Waals surface area (Å²) < 4.78 is 10.6. The van der Waals surface area contributed by atoms with Crippen molar-refractivity contribution in [3.8, 4) is 11.5 Å². The van der Waals surface area contributed by atoms with Crippen molar-refractivity contribution in [2.75, 3.05) is 6.79 Å². The van der Waals surface area contributed by atoms with Crippen molar-refractivity contribution in [1.29, 1.82) is 0 Å². The van der Waals surface area contributed by atoms with E-state index in [2.05, 4.69) is 37.5 Å². The lowest BCUT2D eigenvalue weighted by Crippen LogP contribution is -2.15. The summed E-state index contributed by atoms with van der Waals surface area (Å²) in [5.41, 5.74) is 3.51. The van der Waals surface area contributed by atoms with Gasteiger partial charge in [-0.3, -0.25) is 0 Å². The molecule has 0 spiro atoms. The molecule has 0 amide bonds. The zero-order chi connectivity index (χ0) is 10.9. The van der Waals surface area contributed by atoms with Crippen LogP contribution in [0.2, 0.25) is 19.6 Å². The summed E-state index contributed by atoms with van der Waals surface area (Å²) in [5.74, 6) is 1.70. The van der Waals surface area contributed by atoms with Gasteiger partial charge < -0.3 is 9.47 Å². The molecule has 15 heavy (non-hydrogen) atoms. The molecule has 1 aromatic rings. The Kier molecular flexibility index (Phi) is 2.57. The zero-order valence-electron chi connectivity index (χ0n) is 9.41. The predicted octanol–water partition coefficient (Wildman–Crippen LogP) is 3.31. The van der Waals surface area contributed by atoms with Gasteiger partial charge >= 0.3 is 0 Å². The number of ether oxygens (including phenoxy) is 2. The van der Waals surface area contributed by atoms with Crippen molar-refractivity contribution >= 4 is 14.1 Å². The van der Waals surface area contributed by atoms with Gasteiger partial charge in [-0.15, -0.1) is 0 Å². The molecule has 80 valence electrons. The molecule has 0 unspecified atom stereocenters. The molecular weight excluding hydrogens is 204 g/mol. The smallest absolute Gasteiger partial charge is 0.231 e. The highest BCUT2D eigenvalue weighted by Crippen LogP contribution is 2.32. The fourth-order valence-electron chi connectivity index (χ4n) is 1.36. The Labute approximate surface area is 91.5 Å². The molecule has 0 saturated carbocycles. The largest absolute Gasteiger partial charge is 0.454 e. The van der Waals surface area contributed by atoms with Gasteiger partial charge in [-0.25, -0.2) is 0 Å². The van der Waals surface area contributed by atoms with E-state index in [9.17, 15) is 0 Å². The first-order chi connectivity index (χ1) is 7.04. The number of hydrogen-bond donors (Lipinski definition) is 0. The topological polar surface area (TPSA) is 18.5 Å². The molecule has 1 aliphatic heterocycles. The SMILES string of the molecule is C[Si](C)(C)/C=C/c1ccc2c(c1)OCO2. The van der Waals surface area contributed by atoms with Gasteiger partial charge in [-0.05, 0) is 17.7 Å². The third-order valence-electron chi connectivity index (χ3n) is 2.17. The molecule has 1 aromatic carbocycles. The van der Waals surface area contributed by atoms with E-state index >= 15 is 0 Å². The van der Waals surface area contributed by atoms with Crippen LogP contribution in [0.5, 0.6) is 11.5 Å². The van der Waals surface area contributed by atoms with Crippen LogP contribution >= 0.6 is 0 Å². The minimum absolute atomic E-state index is 0.344. The average molecular weight is 220 g/mol. The van der Waals surface area contributed by atoms with Crippen molar-refractivity contribution in [3.63, 3.8) is 0 Å². The second kappa shape index (κ2) is 3.74. The van der Waals surface area contributed by atoms with E-state index in [1.165, 1.54) is 5.56 Å². The number of hydrogen-bond acceptors (Lipinski definition) is 2. The maximum absolute atomic E-state index is 5.33. The first-order valence-corrected chi connectivity index (χ1v) is 8.71. The zero-order valence-corrected chi connectivity index (χ0v) is 10.4. The summed E-state index contributed by atoms with van der Waals surface area (Å²) in [5, 5.41) is 0. The van der Waals surface area contributed by atoms with Gasteiger partial charge in [0.05, 0.1) is 8.07 Å². The monoisotopic (exact) mass is 220 g/mol. The van der Waals surface area contributed by atoms with Gasteiger partial charge in [0.2, 0.25) is 6.79 Å². The number of benzene rings is 1. The lowest BCUT2D eigenvalue weighted by molar-refractivity contribution is 0.174. The Morgan fingerprint density at radius 1 is 1.13 bits per heavy atom. The van der Waals surface area contributed by atoms with Crippen LogP contribution in [-0.2, 0) is 0 Å². The Balaban J connectivity index is 2.20. The highest BCUT2D eigenvalue weighted by molar-refractivity contribution is 6.81. The molecule has 0 radical (unpaired) electrons. The van der Waals surface area contributed by atoms with Gasteiger partial charge in [-0.1, -0.05) is 37.5 Å². The Hall–Kier alpha value is -1.22. The number of fused-ring (bicyclic) bond motifs is 1. The molecule has 1 aliphatic rings. The Bertz CT molecular complexity index is 391. The van der Waals surface area contributed by atoms with Crippen LogP contribution in [0.15, 0.2) is 23.9 Å². The third-order valence-corrected chi connectivity index (χ3v) is 3.34. The molecule has 1 heterocycles. The Morgan fingerprint density at radius 2 is 1.87 bits per heavy atom. The van der Waals surface area contributed by atoms with Gasteiger partial charge in [0, 0.05) is 0 Å². The first-order valence-electron chi connectivity index (χ1n) is 5.13. The molecule has 0 saturated heterocycles. The van der Waals surface area contributed by atoms with E-state index in [0.29, 0.717) is 6.79 Å². The van der Waals surface area contributed by atoms with Crippen LogP contribution in [0.3, 0.4) is 0 Å². The molecule has 0 aliphatic carbocycles. The van der Waals surface area contributed by atoms with E-state index in [1.54, 1.807) is 0 Å². The summed E-state index contributed by atoms with van der Waals surface area (Å²) in [6, 6.07) is 6.05. The molecule has 2 rings (SSSR count). The number of rotatable bonds is 2. The van der Waals surface area contributed by atoms with E-state index in [0.717, 1.165) is 11.5 Å². The predicted molar refractivity (Wildman–Crippen MR) is 64.9 cm³/mol. The highest BCUT2D eigenvalue weighted by atomic mass is 28.3. The Morgan fingerprint density at radius 3 is 2.60 bits per heavy atom. The fraction of sp³-hybridized carbons (Fsp3) is 0.333. The molecular formula is C12H16O2Si. The fourth-order valence-corrected chi connectivity index (χ4v) is 2.06. The minimum atomic E-state index is -1.12. The molecule has 0 atom stereocenters. The third kappa shape index (κ3) is 2.62. The van der Waals surface area contributed by atoms with Crippen LogP contribution in [0.4, 0.5) is 0 Å². The van der Waals surface area contributed by atoms with Gasteiger partial charge in [-0.2, -0.15) is 0 Å². The first kappa shape index (κ1) is 10.3. The molecule has 0 N–H and O–H groups in total.